The van der Waals surface area contributed by atoms with Gasteiger partial charge in [0.2, 0.25) is 5.91 Å². The number of aryl methyl sites for hydroxylation is 1. The molecule has 0 radical (unpaired) electrons. The second-order valence-electron chi connectivity index (χ2n) is 5.68. The minimum absolute atomic E-state index is 0.0348. The van der Waals surface area contributed by atoms with Crippen LogP contribution in [0, 0.1) is 0 Å². The average Bonchev–Trinajstić information content (AvgIpc) is 2.67. The second-order valence-corrected chi connectivity index (χ2v) is 5.68. The lowest BCUT2D eigenvalue weighted by atomic mass is 10.1. The lowest BCUT2D eigenvalue weighted by Gasteiger charge is -2.08. The van der Waals surface area contributed by atoms with E-state index in [0.29, 0.717) is 18.8 Å². The van der Waals surface area contributed by atoms with Crippen molar-refractivity contribution in [2.45, 2.75) is 19.4 Å². The molecule has 3 aromatic rings. The van der Waals surface area contributed by atoms with Gasteiger partial charge in [0.15, 0.2) is 0 Å². The average molecular weight is 332 g/mol. The Balaban J connectivity index is 1.46. The first-order valence-corrected chi connectivity index (χ1v) is 8.22. The molecular formula is C20H20N4O. The van der Waals surface area contributed by atoms with Gasteiger partial charge in [0, 0.05) is 25.4 Å². The maximum Gasteiger partial charge on any atom is 0.225 e. The highest BCUT2D eigenvalue weighted by Gasteiger charge is 2.04. The Bertz CT molecular complexity index is 789. The fourth-order valence-corrected chi connectivity index (χ4v) is 2.39. The third-order valence-corrected chi connectivity index (χ3v) is 3.73. The molecule has 2 heterocycles. The first kappa shape index (κ1) is 16.6. The Hall–Kier alpha value is -3.21. The Morgan fingerprint density at radius 2 is 1.76 bits per heavy atom. The van der Waals surface area contributed by atoms with Crippen molar-refractivity contribution < 1.29 is 4.79 Å². The fraction of sp³-hybridized carbons (Fsp3) is 0.150. The molecule has 0 bridgehead atoms. The van der Waals surface area contributed by atoms with Crippen LogP contribution in [0.25, 0.3) is 0 Å². The van der Waals surface area contributed by atoms with Gasteiger partial charge in [-0.2, -0.15) is 0 Å². The molecule has 126 valence electrons. The van der Waals surface area contributed by atoms with Crippen LogP contribution in [0.1, 0.15) is 17.5 Å². The van der Waals surface area contributed by atoms with Gasteiger partial charge < -0.3 is 10.6 Å². The molecule has 0 atom stereocenters. The Morgan fingerprint density at radius 1 is 0.920 bits per heavy atom. The number of carbonyl (C=O) groups excluding carboxylic acids is 1. The molecule has 25 heavy (non-hydrogen) atoms. The predicted octanol–water partition coefficient (Wildman–Crippen LogP) is 3.66. The molecule has 0 aliphatic heterocycles. The fourth-order valence-electron chi connectivity index (χ4n) is 2.39. The normalized spacial score (nSPS) is 10.2. The van der Waals surface area contributed by atoms with Crippen LogP contribution in [0.2, 0.25) is 0 Å². The molecule has 3 rings (SSSR count). The standard InChI is InChI=1S/C20H20N4O/c25-20(11-8-16-5-2-1-3-6-16)24-19-10-9-18(15-23-19)22-14-17-7-4-12-21-13-17/h1-7,9-10,12-13,15,22H,8,11,14H2,(H,23,24,25). The van der Waals surface area contributed by atoms with Crippen LogP contribution in [-0.2, 0) is 17.8 Å². The van der Waals surface area contributed by atoms with Gasteiger partial charge in [0.1, 0.15) is 5.82 Å². The maximum absolute atomic E-state index is 12.0. The quantitative estimate of drug-likeness (QED) is 0.693. The van der Waals surface area contributed by atoms with Crippen molar-refractivity contribution in [3.63, 3.8) is 0 Å². The van der Waals surface area contributed by atoms with Crippen LogP contribution < -0.4 is 10.6 Å². The molecule has 1 aromatic carbocycles. The number of benzene rings is 1. The van der Waals surface area contributed by atoms with Crippen molar-refractivity contribution in [2.24, 2.45) is 0 Å². The van der Waals surface area contributed by atoms with Crippen molar-refractivity contribution in [1.29, 1.82) is 0 Å². The zero-order valence-corrected chi connectivity index (χ0v) is 13.9. The monoisotopic (exact) mass is 332 g/mol. The summed E-state index contributed by atoms with van der Waals surface area (Å²) in [6, 6.07) is 17.6. The van der Waals surface area contributed by atoms with Gasteiger partial charge in [-0.15, -0.1) is 0 Å². The van der Waals surface area contributed by atoms with E-state index in [9.17, 15) is 4.79 Å². The van der Waals surface area contributed by atoms with Crippen LogP contribution in [0.4, 0.5) is 11.5 Å². The molecule has 1 amide bonds. The van der Waals surface area contributed by atoms with Crippen molar-refractivity contribution in [2.75, 3.05) is 10.6 Å². The number of carbonyl (C=O) groups is 1. The summed E-state index contributed by atoms with van der Waals surface area (Å²) in [5, 5.41) is 6.10. The Kier molecular flexibility index (Phi) is 5.72. The van der Waals surface area contributed by atoms with Crippen LogP contribution in [0.15, 0.2) is 73.2 Å². The molecule has 0 fully saturated rings. The number of amides is 1. The Labute approximate surface area is 147 Å². The number of hydrogen-bond donors (Lipinski definition) is 2. The minimum Gasteiger partial charge on any atom is -0.380 e. The van der Waals surface area contributed by atoms with E-state index in [1.54, 1.807) is 18.5 Å². The van der Waals surface area contributed by atoms with Crippen LogP contribution >= 0.6 is 0 Å². The van der Waals surface area contributed by atoms with Crippen molar-refractivity contribution >= 4 is 17.4 Å². The molecule has 0 aliphatic carbocycles. The first-order valence-electron chi connectivity index (χ1n) is 8.22. The van der Waals surface area contributed by atoms with Gasteiger partial charge in [-0.25, -0.2) is 4.98 Å². The lowest BCUT2D eigenvalue weighted by molar-refractivity contribution is -0.116. The highest BCUT2D eigenvalue weighted by atomic mass is 16.1. The second kappa shape index (κ2) is 8.59. The van der Waals surface area contributed by atoms with E-state index < -0.39 is 0 Å². The molecule has 5 heteroatoms. The number of pyridine rings is 2. The largest absolute Gasteiger partial charge is 0.380 e. The smallest absolute Gasteiger partial charge is 0.225 e. The molecule has 0 spiro atoms. The van der Waals surface area contributed by atoms with Crippen LogP contribution in [-0.4, -0.2) is 15.9 Å². The molecule has 2 aromatic heterocycles. The van der Waals surface area contributed by atoms with Gasteiger partial charge >= 0.3 is 0 Å². The summed E-state index contributed by atoms with van der Waals surface area (Å²) in [5.41, 5.74) is 3.15. The van der Waals surface area contributed by atoms with Crippen LogP contribution in [0.3, 0.4) is 0 Å². The van der Waals surface area contributed by atoms with E-state index in [-0.39, 0.29) is 5.91 Å². The Morgan fingerprint density at radius 3 is 2.48 bits per heavy atom. The topological polar surface area (TPSA) is 66.9 Å². The molecule has 0 unspecified atom stereocenters. The summed E-state index contributed by atoms with van der Waals surface area (Å²) in [5.74, 6) is 0.525. The van der Waals surface area contributed by atoms with Gasteiger partial charge in [-0.3, -0.25) is 9.78 Å². The number of rotatable bonds is 7. The van der Waals surface area contributed by atoms with Crippen molar-refractivity contribution in [3.05, 3.63) is 84.3 Å². The summed E-state index contributed by atoms with van der Waals surface area (Å²) in [6.45, 7) is 0.679. The SMILES string of the molecule is O=C(CCc1ccccc1)Nc1ccc(NCc2cccnc2)cn1. The molecular weight excluding hydrogens is 312 g/mol. The summed E-state index contributed by atoms with van der Waals surface area (Å²) >= 11 is 0. The molecule has 5 nitrogen and oxygen atoms in total. The van der Waals surface area contributed by atoms with Gasteiger partial charge in [-0.1, -0.05) is 36.4 Å². The maximum atomic E-state index is 12.0. The molecule has 0 saturated heterocycles. The number of anilines is 2. The molecule has 0 saturated carbocycles. The van der Waals surface area contributed by atoms with E-state index in [2.05, 4.69) is 20.6 Å². The lowest BCUT2D eigenvalue weighted by Crippen LogP contribution is -2.13. The van der Waals surface area contributed by atoms with E-state index in [1.807, 2.05) is 54.7 Å². The number of nitrogens with zero attached hydrogens (tertiary/aromatic N) is 2. The van der Waals surface area contributed by atoms with E-state index in [0.717, 1.165) is 23.2 Å². The van der Waals surface area contributed by atoms with Gasteiger partial charge in [0.25, 0.3) is 0 Å². The summed E-state index contributed by atoms with van der Waals surface area (Å²) in [4.78, 5) is 20.4. The van der Waals surface area contributed by atoms with Crippen LogP contribution in [0.5, 0.6) is 0 Å². The highest BCUT2D eigenvalue weighted by molar-refractivity contribution is 5.89. The van der Waals surface area contributed by atoms with Crippen molar-refractivity contribution in [1.82, 2.24) is 9.97 Å². The number of nitrogens with one attached hydrogen (secondary N) is 2. The zero-order valence-electron chi connectivity index (χ0n) is 13.9. The van der Waals surface area contributed by atoms with E-state index >= 15 is 0 Å². The molecule has 2 N–H and O–H groups in total. The van der Waals surface area contributed by atoms with Gasteiger partial charge in [0.05, 0.1) is 11.9 Å². The minimum atomic E-state index is -0.0348. The number of hydrogen-bond acceptors (Lipinski definition) is 4. The highest BCUT2D eigenvalue weighted by Crippen LogP contribution is 2.12. The zero-order chi connectivity index (χ0) is 17.3. The van der Waals surface area contributed by atoms with Gasteiger partial charge in [-0.05, 0) is 35.7 Å². The molecule has 0 aliphatic rings. The third-order valence-electron chi connectivity index (χ3n) is 3.73. The number of aromatic nitrogens is 2. The van der Waals surface area contributed by atoms with Crippen molar-refractivity contribution in [3.8, 4) is 0 Å². The predicted molar refractivity (Wildman–Crippen MR) is 99.2 cm³/mol. The summed E-state index contributed by atoms with van der Waals surface area (Å²) in [6.07, 6.45) is 6.44. The van der Waals surface area contributed by atoms with E-state index in [1.165, 1.54) is 0 Å². The summed E-state index contributed by atoms with van der Waals surface area (Å²) in [7, 11) is 0. The third kappa shape index (κ3) is 5.42. The summed E-state index contributed by atoms with van der Waals surface area (Å²) < 4.78 is 0. The first-order chi connectivity index (χ1) is 12.3. The van der Waals surface area contributed by atoms with E-state index in [4.69, 9.17) is 0 Å².